The maximum absolute atomic E-state index is 12.3. The van der Waals surface area contributed by atoms with Gasteiger partial charge < -0.3 is 10.1 Å². The van der Waals surface area contributed by atoms with Crippen LogP contribution in [0.1, 0.15) is 39.9 Å². The smallest absolute Gasteiger partial charge is 0.349 e. The van der Waals surface area contributed by atoms with Crippen LogP contribution in [0.25, 0.3) is 0 Å². The fourth-order valence-corrected chi connectivity index (χ4v) is 4.55. The van der Waals surface area contributed by atoms with Gasteiger partial charge in [0, 0.05) is 10.6 Å². The molecule has 0 unspecified atom stereocenters. The summed E-state index contributed by atoms with van der Waals surface area (Å²) in [5.74, 6) is -1.09. The van der Waals surface area contributed by atoms with Crippen molar-refractivity contribution in [1.29, 1.82) is 0 Å². The molecule has 0 radical (unpaired) electrons. The number of hydrogen-bond acceptors (Lipinski definition) is 6. The van der Waals surface area contributed by atoms with Crippen molar-refractivity contribution >= 4 is 38.9 Å². The average Bonchev–Trinajstić information content (AvgIpc) is 3.05. The number of aryl methyl sites for hydroxylation is 2. The number of hydrogen-bond donors (Lipinski definition) is 2. The van der Waals surface area contributed by atoms with Crippen molar-refractivity contribution < 1.29 is 22.7 Å². The van der Waals surface area contributed by atoms with Crippen LogP contribution >= 0.6 is 11.3 Å². The molecule has 1 amide bonds. The van der Waals surface area contributed by atoms with Crippen LogP contribution < -0.4 is 10.5 Å². The molecule has 0 aliphatic heterocycles. The summed E-state index contributed by atoms with van der Waals surface area (Å²) in [5.41, 5.74) is 1.44. The van der Waals surface area contributed by atoms with Gasteiger partial charge >= 0.3 is 5.97 Å². The molecule has 27 heavy (non-hydrogen) atoms. The number of anilines is 1. The van der Waals surface area contributed by atoms with E-state index in [1.807, 2.05) is 6.07 Å². The van der Waals surface area contributed by atoms with Crippen LogP contribution in [0, 0.1) is 0 Å². The Morgan fingerprint density at radius 3 is 2.67 bits per heavy atom. The lowest BCUT2D eigenvalue weighted by Crippen LogP contribution is -2.29. The first-order valence-electron chi connectivity index (χ1n) is 8.50. The topological polar surface area (TPSA) is 116 Å². The number of amides is 1. The second-order valence-corrected chi connectivity index (χ2v) is 9.07. The van der Waals surface area contributed by atoms with Gasteiger partial charge in [0.2, 0.25) is 10.0 Å². The van der Waals surface area contributed by atoms with E-state index in [0.29, 0.717) is 4.88 Å². The van der Waals surface area contributed by atoms with Crippen LogP contribution in [0.4, 0.5) is 5.69 Å². The predicted octanol–water partition coefficient (Wildman–Crippen LogP) is 2.46. The Morgan fingerprint density at radius 1 is 1.22 bits per heavy atom. The highest BCUT2D eigenvalue weighted by Gasteiger charge is 2.23. The van der Waals surface area contributed by atoms with E-state index in [-0.39, 0.29) is 10.6 Å². The van der Waals surface area contributed by atoms with Gasteiger partial charge in [-0.1, -0.05) is 6.07 Å². The first-order chi connectivity index (χ1) is 12.7. The van der Waals surface area contributed by atoms with Gasteiger partial charge in [-0.3, -0.25) is 4.79 Å². The summed E-state index contributed by atoms with van der Waals surface area (Å²) in [4.78, 5) is 26.2. The quantitative estimate of drug-likeness (QED) is 0.738. The summed E-state index contributed by atoms with van der Waals surface area (Å²) in [6.45, 7) is 1.46. The van der Waals surface area contributed by atoms with Gasteiger partial charge in [0.1, 0.15) is 4.88 Å². The van der Waals surface area contributed by atoms with E-state index in [0.717, 1.165) is 25.7 Å². The number of primary sulfonamides is 1. The van der Waals surface area contributed by atoms with Gasteiger partial charge in [0.05, 0.1) is 4.90 Å². The van der Waals surface area contributed by atoms with Gasteiger partial charge in [0.25, 0.3) is 5.91 Å². The molecule has 3 N–H and O–H groups in total. The first-order valence-corrected chi connectivity index (χ1v) is 10.9. The highest BCUT2D eigenvalue weighted by Crippen LogP contribution is 2.30. The number of carbonyl (C=O) groups is 2. The minimum atomic E-state index is -3.87. The molecular weight excluding hydrogens is 388 g/mol. The Labute approximate surface area is 161 Å². The fourth-order valence-electron chi connectivity index (χ4n) is 2.86. The minimum Gasteiger partial charge on any atom is -0.448 e. The van der Waals surface area contributed by atoms with Gasteiger partial charge in [0.15, 0.2) is 6.10 Å². The summed E-state index contributed by atoms with van der Waals surface area (Å²) in [7, 11) is -3.87. The van der Waals surface area contributed by atoms with Crippen molar-refractivity contribution in [3.05, 3.63) is 45.6 Å². The molecule has 0 spiro atoms. The minimum absolute atomic E-state index is 0.117. The third-order valence-electron chi connectivity index (χ3n) is 4.28. The number of rotatable bonds is 5. The van der Waals surface area contributed by atoms with E-state index in [1.165, 1.54) is 53.0 Å². The number of nitrogens with two attached hydrogens (primary N) is 1. The van der Waals surface area contributed by atoms with Gasteiger partial charge in [-0.05, 0) is 62.4 Å². The number of benzene rings is 1. The maximum atomic E-state index is 12.3. The first kappa shape index (κ1) is 19.5. The van der Waals surface area contributed by atoms with Gasteiger partial charge in [-0.15, -0.1) is 11.3 Å². The van der Waals surface area contributed by atoms with Crippen LogP contribution in [0.2, 0.25) is 0 Å². The van der Waals surface area contributed by atoms with Crippen LogP contribution in [0.5, 0.6) is 0 Å². The van der Waals surface area contributed by atoms with Gasteiger partial charge in [-0.2, -0.15) is 0 Å². The van der Waals surface area contributed by atoms with Crippen LogP contribution in [-0.2, 0) is 32.4 Å². The zero-order valence-electron chi connectivity index (χ0n) is 14.7. The van der Waals surface area contributed by atoms with E-state index in [4.69, 9.17) is 9.88 Å². The van der Waals surface area contributed by atoms with E-state index >= 15 is 0 Å². The fraction of sp³-hybridized carbons (Fsp3) is 0.333. The molecule has 0 saturated carbocycles. The zero-order chi connectivity index (χ0) is 19.6. The van der Waals surface area contributed by atoms with E-state index in [2.05, 4.69) is 5.32 Å². The Morgan fingerprint density at radius 2 is 1.96 bits per heavy atom. The van der Waals surface area contributed by atoms with Crippen molar-refractivity contribution in [1.82, 2.24) is 0 Å². The monoisotopic (exact) mass is 408 g/mol. The third-order valence-corrected chi connectivity index (χ3v) is 6.41. The van der Waals surface area contributed by atoms with E-state index in [1.54, 1.807) is 0 Å². The summed E-state index contributed by atoms with van der Waals surface area (Å²) in [6.07, 6.45) is 3.15. The summed E-state index contributed by atoms with van der Waals surface area (Å²) >= 11 is 1.42. The Kier molecular flexibility index (Phi) is 5.64. The molecule has 1 heterocycles. The molecule has 144 valence electrons. The molecule has 2 aromatic rings. The third kappa shape index (κ3) is 4.74. The highest BCUT2D eigenvalue weighted by molar-refractivity contribution is 7.89. The molecule has 0 fully saturated rings. The molecule has 0 bridgehead atoms. The highest BCUT2D eigenvalue weighted by atomic mass is 32.2. The second-order valence-electron chi connectivity index (χ2n) is 6.38. The zero-order valence-corrected chi connectivity index (χ0v) is 16.4. The lowest BCUT2D eigenvalue weighted by Gasteiger charge is -2.13. The van der Waals surface area contributed by atoms with Crippen LogP contribution in [0.15, 0.2) is 35.2 Å². The number of esters is 1. The Balaban J connectivity index is 1.64. The number of thiophene rings is 1. The number of sulfonamides is 1. The van der Waals surface area contributed by atoms with Crippen molar-refractivity contribution in [2.45, 2.75) is 43.6 Å². The van der Waals surface area contributed by atoms with Crippen molar-refractivity contribution in [2.24, 2.45) is 5.14 Å². The second kappa shape index (κ2) is 7.79. The number of ether oxygens (including phenoxy) is 1. The summed E-state index contributed by atoms with van der Waals surface area (Å²) in [5, 5.41) is 7.61. The van der Waals surface area contributed by atoms with E-state index < -0.39 is 28.0 Å². The Bertz CT molecular complexity index is 958. The number of fused-ring (bicyclic) bond motifs is 1. The molecule has 7 nitrogen and oxygen atoms in total. The molecule has 1 aliphatic carbocycles. The summed E-state index contributed by atoms with van der Waals surface area (Å²) < 4.78 is 28.0. The lowest BCUT2D eigenvalue weighted by atomic mass is 9.99. The molecule has 1 atom stereocenters. The van der Waals surface area contributed by atoms with E-state index in [9.17, 15) is 18.0 Å². The van der Waals surface area contributed by atoms with Crippen molar-refractivity contribution in [2.75, 3.05) is 5.32 Å². The molecular formula is C18H20N2O5S2. The van der Waals surface area contributed by atoms with Crippen molar-refractivity contribution in [3.63, 3.8) is 0 Å². The van der Waals surface area contributed by atoms with Crippen LogP contribution in [0.3, 0.4) is 0 Å². The molecule has 1 aliphatic rings. The maximum Gasteiger partial charge on any atom is 0.349 e. The molecule has 1 aromatic heterocycles. The molecule has 1 aromatic carbocycles. The number of carbonyl (C=O) groups excluding carboxylic acids is 2. The normalized spacial score (nSPS) is 14.9. The summed E-state index contributed by atoms with van der Waals surface area (Å²) in [6, 6.07) is 7.40. The molecule has 3 rings (SSSR count). The largest absolute Gasteiger partial charge is 0.448 e. The molecule has 9 heteroatoms. The van der Waals surface area contributed by atoms with Gasteiger partial charge in [-0.25, -0.2) is 18.4 Å². The van der Waals surface area contributed by atoms with Crippen LogP contribution in [-0.4, -0.2) is 26.4 Å². The predicted molar refractivity (Wildman–Crippen MR) is 102 cm³/mol. The average molecular weight is 409 g/mol. The number of nitrogens with one attached hydrogen (secondary N) is 1. The Hall–Kier alpha value is -2.23. The lowest BCUT2D eigenvalue weighted by molar-refractivity contribution is -0.123. The van der Waals surface area contributed by atoms with Crippen molar-refractivity contribution in [3.8, 4) is 0 Å². The molecule has 0 saturated heterocycles. The standard InChI is InChI=1S/C18H20N2O5S2/c1-11(17(21)20-13-6-4-7-14(10-13)27(19,23)24)25-18(22)16-9-12-5-2-3-8-15(12)26-16/h4,6-7,9-11H,2-3,5,8H2,1H3,(H,20,21)(H2,19,23,24)/t11-/m1/s1. The SMILES string of the molecule is C[C@@H](OC(=O)c1cc2c(s1)CCCC2)C(=O)Nc1cccc(S(N)(=O)=O)c1.